The third-order valence-electron chi connectivity index (χ3n) is 2.01. The van der Waals surface area contributed by atoms with Crippen LogP contribution >= 0.6 is 0 Å². The SMILES string of the molecule is CCOC(=O)C#C[C@@H](O)c1ccccc1[N+](=O)[O-]. The van der Waals surface area contributed by atoms with E-state index in [1.54, 1.807) is 6.92 Å². The quantitative estimate of drug-likeness (QED) is 0.286. The molecule has 1 N–H and O–H groups in total. The number of esters is 1. The lowest BCUT2D eigenvalue weighted by Crippen LogP contribution is -2.03. The van der Waals surface area contributed by atoms with Gasteiger partial charge < -0.3 is 9.84 Å². The highest BCUT2D eigenvalue weighted by molar-refractivity contribution is 5.88. The van der Waals surface area contributed by atoms with Gasteiger partial charge in [-0.2, -0.15) is 0 Å². The second-order valence-electron chi connectivity index (χ2n) is 3.21. The minimum atomic E-state index is -1.41. The Hall–Kier alpha value is -2.39. The topological polar surface area (TPSA) is 89.7 Å². The number of aliphatic hydroxyl groups is 1. The highest BCUT2D eigenvalue weighted by atomic mass is 16.6. The molecule has 18 heavy (non-hydrogen) atoms. The number of carbonyl (C=O) groups is 1. The maximum atomic E-state index is 11.0. The van der Waals surface area contributed by atoms with Gasteiger partial charge in [0.05, 0.1) is 17.1 Å². The van der Waals surface area contributed by atoms with E-state index in [-0.39, 0.29) is 17.9 Å². The van der Waals surface area contributed by atoms with Crippen LogP contribution in [0.5, 0.6) is 0 Å². The predicted octanol–water partition coefficient (Wildman–Crippen LogP) is 1.19. The van der Waals surface area contributed by atoms with Crippen molar-refractivity contribution in [3.63, 3.8) is 0 Å². The monoisotopic (exact) mass is 249 g/mol. The van der Waals surface area contributed by atoms with E-state index in [1.807, 2.05) is 0 Å². The average molecular weight is 249 g/mol. The van der Waals surface area contributed by atoms with Gasteiger partial charge in [0.1, 0.15) is 6.10 Å². The van der Waals surface area contributed by atoms with Crippen LogP contribution in [0.15, 0.2) is 24.3 Å². The van der Waals surface area contributed by atoms with E-state index in [0.29, 0.717) is 0 Å². The van der Waals surface area contributed by atoms with Crippen LogP contribution in [-0.4, -0.2) is 22.6 Å². The second kappa shape index (κ2) is 6.37. The number of carbonyl (C=O) groups excluding carboxylic acids is 1. The van der Waals surface area contributed by atoms with Gasteiger partial charge >= 0.3 is 5.97 Å². The van der Waals surface area contributed by atoms with E-state index in [9.17, 15) is 20.0 Å². The molecule has 0 aliphatic rings. The molecule has 0 bridgehead atoms. The molecule has 0 aromatic heterocycles. The van der Waals surface area contributed by atoms with Crippen molar-refractivity contribution in [3.8, 4) is 11.8 Å². The zero-order chi connectivity index (χ0) is 13.5. The minimum Gasteiger partial charge on any atom is -0.456 e. The van der Waals surface area contributed by atoms with E-state index in [2.05, 4.69) is 16.6 Å². The summed E-state index contributed by atoms with van der Waals surface area (Å²) in [5, 5.41) is 20.4. The van der Waals surface area contributed by atoms with Crippen molar-refractivity contribution < 1.29 is 19.6 Å². The van der Waals surface area contributed by atoms with E-state index in [4.69, 9.17) is 0 Å². The first-order chi connectivity index (χ1) is 8.56. The van der Waals surface area contributed by atoms with Gasteiger partial charge in [-0.05, 0) is 13.0 Å². The van der Waals surface area contributed by atoms with Crippen LogP contribution in [0.25, 0.3) is 0 Å². The molecule has 0 radical (unpaired) electrons. The summed E-state index contributed by atoms with van der Waals surface area (Å²) in [6.07, 6.45) is -1.41. The number of hydrogen-bond acceptors (Lipinski definition) is 5. The molecule has 0 fully saturated rings. The average Bonchev–Trinajstić information content (AvgIpc) is 2.36. The van der Waals surface area contributed by atoms with Crippen LogP contribution in [0.2, 0.25) is 0 Å². The fourth-order valence-corrected chi connectivity index (χ4v) is 1.26. The summed E-state index contributed by atoms with van der Waals surface area (Å²) in [7, 11) is 0. The number of para-hydroxylation sites is 1. The minimum absolute atomic E-state index is 0.0410. The molecule has 0 saturated carbocycles. The first-order valence-corrected chi connectivity index (χ1v) is 5.16. The molecule has 94 valence electrons. The first-order valence-electron chi connectivity index (χ1n) is 5.16. The Balaban J connectivity index is 2.94. The third kappa shape index (κ3) is 3.57. The molecule has 0 unspecified atom stereocenters. The van der Waals surface area contributed by atoms with E-state index in [1.165, 1.54) is 24.3 Å². The second-order valence-corrected chi connectivity index (χ2v) is 3.21. The van der Waals surface area contributed by atoms with Crippen LogP contribution in [0, 0.1) is 22.0 Å². The number of aliphatic hydroxyl groups excluding tert-OH is 1. The summed E-state index contributed by atoms with van der Waals surface area (Å²) in [5.41, 5.74) is -0.206. The molecule has 0 amide bonds. The van der Waals surface area contributed by atoms with Gasteiger partial charge in [-0.3, -0.25) is 10.1 Å². The van der Waals surface area contributed by atoms with Crippen LogP contribution in [0.1, 0.15) is 18.6 Å². The van der Waals surface area contributed by atoms with Crippen LogP contribution in [0.3, 0.4) is 0 Å². The maximum absolute atomic E-state index is 11.0. The van der Waals surface area contributed by atoms with E-state index in [0.717, 1.165) is 0 Å². The van der Waals surface area contributed by atoms with Crippen molar-refractivity contribution in [1.82, 2.24) is 0 Å². The Bertz CT molecular complexity index is 515. The molecular formula is C12H11NO5. The number of rotatable bonds is 3. The van der Waals surface area contributed by atoms with Gasteiger partial charge in [0, 0.05) is 12.0 Å². The summed E-state index contributed by atoms with van der Waals surface area (Å²) in [6.45, 7) is 1.80. The summed E-state index contributed by atoms with van der Waals surface area (Å²) in [5.74, 6) is 3.49. The number of nitrogens with zero attached hydrogens (tertiary/aromatic N) is 1. The molecule has 0 heterocycles. The highest BCUT2D eigenvalue weighted by Crippen LogP contribution is 2.23. The number of nitro groups is 1. The van der Waals surface area contributed by atoms with Crippen molar-refractivity contribution in [2.24, 2.45) is 0 Å². The Morgan fingerprint density at radius 2 is 2.22 bits per heavy atom. The lowest BCUT2D eigenvalue weighted by Gasteiger charge is -2.03. The molecule has 0 aliphatic carbocycles. The molecular weight excluding hydrogens is 238 g/mol. The standard InChI is InChI=1S/C12H11NO5/c1-2-18-12(15)8-7-11(14)9-5-3-4-6-10(9)13(16)17/h3-6,11,14H,2H2,1H3/t11-/m1/s1. The summed E-state index contributed by atoms with van der Waals surface area (Å²) in [6, 6.07) is 5.65. The smallest absolute Gasteiger partial charge is 0.384 e. The van der Waals surface area contributed by atoms with Crippen molar-refractivity contribution >= 4 is 11.7 Å². The van der Waals surface area contributed by atoms with Gasteiger partial charge in [0.25, 0.3) is 5.69 Å². The summed E-state index contributed by atoms with van der Waals surface area (Å²) < 4.78 is 4.55. The zero-order valence-corrected chi connectivity index (χ0v) is 9.62. The number of hydrogen-bond donors (Lipinski definition) is 1. The highest BCUT2D eigenvalue weighted by Gasteiger charge is 2.17. The predicted molar refractivity (Wildman–Crippen MR) is 62.5 cm³/mol. The normalized spacial score (nSPS) is 11.0. The third-order valence-corrected chi connectivity index (χ3v) is 2.01. The summed E-state index contributed by atoms with van der Waals surface area (Å²) in [4.78, 5) is 21.1. The lowest BCUT2D eigenvalue weighted by molar-refractivity contribution is -0.386. The molecule has 1 aromatic rings. The molecule has 1 atom stereocenters. The molecule has 0 spiro atoms. The van der Waals surface area contributed by atoms with Crippen molar-refractivity contribution in [1.29, 1.82) is 0 Å². The maximum Gasteiger partial charge on any atom is 0.384 e. The molecule has 0 aliphatic heterocycles. The Labute approximate surface area is 103 Å². The van der Waals surface area contributed by atoms with Crippen LogP contribution < -0.4 is 0 Å². The Morgan fingerprint density at radius 1 is 1.56 bits per heavy atom. The van der Waals surface area contributed by atoms with Crippen LogP contribution in [-0.2, 0) is 9.53 Å². The van der Waals surface area contributed by atoms with Gasteiger partial charge in [0.2, 0.25) is 0 Å². The number of ether oxygens (including phenoxy) is 1. The summed E-state index contributed by atoms with van der Waals surface area (Å²) >= 11 is 0. The Morgan fingerprint density at radius 3 is 2.83 bits per heavy atom. The fraction of sp³-hybridized carbons (Fsp3) is 0.250. The van der Waals surface area contributed by atoms with E-state index >= 15 is 0 Å². The first kappa shape index (κ1) is 13.7. The van der Waals surface area contributed by atoms with Crippen LogP contribution in [0.4, 0.5) is 5.69 Å². The van der Waals surface area contributed by atoms with Gasteiger partial charge in [0.15, 0.2) is 0 Å². The Kier molecular flexibility index (Phi) is 4.84. The molecule has 1 rings (SSSR count). The molecule has 6 heteroatoms. The van der Waals surface area contributed by atoms with Crippen molar-refractivity contribution in [2.45, 2.75) is 13.0 Å². The molecule has 0 saturated heterocycles. The van der Waals surface area contributed by atoms with Gasteiger partial charge in [-0.25, -0.2) is 4.79 Å². The zero-order valence-electron chi connectivity index (χ0n) is 9.62. The molecule has 6 nitrogen and oxygen atoms in total. The van der Waals surface area contributed by atoms with E-state index < -0.39 is 17.0 Å². The largest absolute Gasteiger partial charge is 0.456 e. The van der Waals surface area contributed by atoms with Gasteiger partial charge in [-0.1, -0.05) is 18.1 Å². The molecule has 1 aromatic carbocycles. The van der Waals surface area contributed by atoms with Gasteiger partial charge in [-0.15, -0.1) is 0 Å². The number of benzene rings is 1. The van der Waals surface area contributed by atoms with Crippen molar-refractivity contribution in [2.75, 3.05) is 6.61 Å². The number of nitro benzene ring substituents is 1. The lowest BCUT2D eigenvalue weighted by atomic mass is 10.1. The van der Waals surface area contributed by atoms with Crippen molar-refractivity contribution in [3.05, 3.63) is 39.9 Å². The fourth-order valence-electron chi connectivity index (χ4n) is 1.26.